The molecule has 4 aromatic rings. The zero-order chi connectivity index (χ0) is 30.2. The maximum absolute atomic E-state index is 13.2. The summed E-state index contributed by atoms with van der Waals surface area (Å²) in [6, 6.07) is 13.1. The fourth-order valence-electron chi connectivity index (χ4n) is 3.65. The monoisotopic (exact) mass is 598 g/mol. The van der Waals surface area contributed by atoms with Crippen LogP contribution >= 0.6 is 0 Å². The van der Waals surface area contributed by atoms with Gasteiger partial charge in [-0.1, -0.05) is 12.1 Å². The lowest BCUT2D eigenvalue weighted by molar-refractivity contribution is -0.143. The summed E-state index contributed by atoms with van der Waals surface area (Å²) in [7, 11) is -4.24. The van der Waals surface area contributed by atoms with Crippen molar-refractivity contribution in [3.05, 3.63) is 107 Å². The summed E-state index contributed by atoms with van der Waals surface area (Å²) in [5.41, 5.74) is -3.66. The first-order chi connectivity index (χ1) is 19.0. The largest absolute Gasteiger partial charge is 0.506 e. The van der Waals surface area contributed by atoms with Gasteiger partial charge in [0.25, 0.3) is 15.9 Å². The molecule has 4 aromatic carbocycles. The van der Waals surface area contributed by atoms with Gasteiger partial charge in [0.1, 0.15) is 11.6 Å². The highest BCUT2D eigenvalue weighted by Crippen LogP contribution is 2.38. The number of hydrogen-bond acceptors (Lipinski definition) is 4. The van der Waals surface area contributed by atoms with Gasteiger partial charge in [0.15, 0.2) is 0 Å². The molecule has 0 aliphatic rings. The molecular weight excluding hydrogens is 581 g/mol. The van der Waals surface area contributed by atoms with Gasteiger partial charge < -0.3 is 10.4 Å². The molecular formula is C27H17F7N2O4S. The number of halogens is 7. The predicted molar refractivity (Wildman–Crippen MR) is 135 cm³/mol. The summed E-state index contributed by atoms with van der Waals surface area (Å²) in [6.07, 6.45) is -10.0. The summed E-state index contributed by atoms with van der Waals surface area (Å²) in [5, 5.41) is 12.5. The number of benzene rings is 4. The molecule has 0 radical (unpaired) electrons. The number of carbonyl (C=O) groups is 1. The molecule has 0 spiro atoms. The number of aromatic hydroxyl groups is 1. The highest BCUT2D eigenvalue weighted by Gasteiger charge is 2.37. The summed E-state index contributed by atoms with van der Waals surface area (Å²) >= 11 is 0. The third kappa shape index (κ3) is 6.95. The molecule has 1 amide bonds. The Morgan fingerprint density at radius 2 is 1.27 bits per heavy atom. The van der Waals surface area contributed by atoms with Crippen molar-refractivity contribution >= 4 is 27.3 Å². The molecule has 214 valence electrons. The molecule has 0 saturated heterocycles. The van der Waals surface area contributed by atoms with Crippen LogP contribution in [-0.2, 0) is 22.4 Å². The predicted octanol–water partition coefficient (Wildman–Crippen LogP) is 7.29. The van der Waals surface area contributed by atoms with Gasteiger partial charge in [-0.2, -0.15) is 26.3 Å². The minimum atomic E-state index is -5.02. The van der Waals surface area contributed by atoms with Gasteiger partial charge in [-0.05, 0) is 83.9 Å². The van der Waals surface area contributed by atoms with Crippen LogP contribution in [0.5, 0.6) is 5.75 Å². The fraction of sp³-hybridized carbons (Fsp3) is 0.0741. The van der Waals surface area contributed by atoms with Crippen LogP contribution in [0.1, 0.15) is 21.5 Å². The topological polar surface area (TPSA) is 95.5 Å². The van der Waals surface area contributed by atoms with E-state index < -0.39 is 51.0 Å². The average Bonchev–Trinajstić information content (AvgIpc) is 2.89. The molecule has 41 heavy (non-hydrogen) atoms. The van der Waals surface area contributed by atoms with Gasteiger partial charge in [-0.25, -0.2) is 12.8 Å². The Kier molecular flexibility index (Phi) is 7.72. The van der Waals surface area contributed by atoms with Crippen molar-refractivity contribution in [3.63, 3.8) is 0 Å². The number of hydrogen-bond donors (Lipinski definition) is 3. The van der Waals surface area contributed by atoms with E-state index in [1.54, 1.807) is 0 Å². The van der Waals surface area contributed by atoms with Crippen molar-refractivity contribution in [2.24, 2.45) is 0 Å². The van der Waals surface area contributed by atoms with Crippen molar-refractivity contribution in [2.75, 3.05) is 10.0 Å². The lowest BCUT2D eigenvalue weighted by Crippen LogP contribution is -2.14. The molecule has 3 N–H and O–H groups in total. The van der Waals surface area contributed by atoms with Crippen molar-refractivity contribution < 1.29 is 49.1 Å². The van der Waals surface area contributed by atoms with E-state index in [9.17, 15) is 49.1 Å². The Hall–Kier alpha value is -4.59. The van der Waals surface area contributed by atoms with Gasteiger partial charge in [0, 0.05) is 11.3 Å². The molecule has 4 rings (SSSR count). The van der Waals surface area contributed by atoms with Crippen LogP contribution in [0.15, 0.2) is 89.8 Å². The molecule has 0 unspecified atom stereocenters. The lowest BCUT2D eigenvalue weighted by atomic mass is 9.98. The minimum Gasteiger partial charge on any atom is -0.506 e. The number of anilines is 2. The van der Waals surface area contributed by atoms with Crippen molar-refractivity contribution in [2.45, 2.75) is 17.2 Å². The number of nitrogens with one attached hydrogen (secondary N) is 2. The molecule has 6 nitrogen and oxygen atoms in total. The molecule has 0 aliphatic carbocycles. The van der Waals surface area contributed by atoms with Crippen LogP contribution in [0.2, 0.25) is 0 Å². The standard InChI is InChI=1S/C27H17F7N2O4S/c28-20-5-8-22(9-6-20)41(39,40)36-23-14-21(7-10-24(23)37)35-25(38)16-3-1-15(2-4-16)17-11-18(26(29,30)31)13-19(12-17)27(32,33)34/h1-14,36-37H,(H,35,38). The second-order valence-electron chi connectivity index (χ2n) is 8.62. The normalized spacial score (nSPS) is 12.2. The SMILES string of the molecule is O=C(Nc1ccc(O)c(NS(=O)(=O)c2ccc(F)cc2)c1)c1ccc(-c2cc(C(F)(F)F)cc(C(F)(F)F)c2)cc1. The number of amides is 1. The third-order valence-electron chi connectivity index (χ3n) is 5.69. The van der Waals surface area contributed by atoms with Crippen LogP contribution in [0.4, 0.5) is 42.1 Å². The molecule has 0 aromatic heterocycles. The van der Waals surface area contributed by atoms with Crippen molar-refractivity contribution in [1.29, 1.82) is 0 Å². The van der Waals surface area contributed by atoms with E-state index in [-0.39, 0.29) is 39.0 Å². The first-order valence-electron chi connectivity index (χ1n) is 11.4. The van der Waals surface area contributed by atoms with Crippen LogP contribution in [0.25, 0.3) is 11.1 Å². The van der Waals surface area contributed by atoms with Gasteiger partial charge in [0.2, 0.25) is 0 Å². The summed E-state index contributed by atoms with van der Waals surface area (Å²) in [4.78, 5) is 12.4. The maximum Gasteiger partial charge on any atom is 0.416 e. The summed E-state index contributed by atoms with van der Waals surface area (Å²) < 4.78 is 119. The summed E-state index contributed by atoms with van der Waals surface area (Å²) in [6.45, 7) is 0. The van der Waals surface area contributed by atoms with Crippen LogP contribution in [-0.4, -0.2) is 19.4 Å². The Balaban J connectivity index is 1.55. The van der Waals surface area contributed by atoms with Crippen LogP contribution in [0.3, 0.4) is 0 Å². The number of alkyl halides is 6. The first kappa shape index (κ1) is 29.4. The van der Waals surface area contributed by atoms with E-state index >= 15 is 0 Å². The Morgan fingerprint density at radius 3 is 1.80 bits per heavy atom. The van der Waals surface area contributed by atoms with E-state index in [2.05, 4.69) is 10.0 Å². The number of carbonyl (C=O) groups excluding carboxylic acids is 1. The average molecular weight is 598 g/mol. The van der Waals surface area contributed by atoms with E-state index in [1.807, 2.05) is 0 Å². The Morgan fingerprint density at radius 1 is 0.707 bits per heavy atom. The number of phenols is 1. The maximum atomic E-state index is 13.2. The molecule has 0 atom stereocenters. The Bertz CT molecular complexity index is 1670. The highest BCUT2D eigenvalue weighted by atomic mass is 32.2. The third-order valence-corrected chi connectivity index (χ3v) is 7.07. The quantitative estimate of drug-likeness (QED) is 0.123. The number of phenolic OH excluding ortho intramolecular Hbond substituents is 1. The molecule has 0 heterocycles. The molecule has 0 aliphatic heterocycles. The van der Waals surface area contributed by atoms with E-state index in [1.165, 1.54) is 30.3 Å². The number of sulfonamides is 1. The second-order valence-corrected chi connectivity index (χ2v) is 10.3. The summed E-state index contributed by atoms with van der Waals surface area (Å²) in [5.74, 6) is -1.91. The zero-order valence-corrected chi connectivity index (χ0v) is 21.1. The van der Waals surface area contributed by atoms with E-state index in [0.717, 1.165) is 36.4 Å². The van der Waals surface area contributed by atoms with Crippen LogP contribution < -0.4 is 10.0 Å². The highest BCUT2D eigenvalue weighted by molar-refractivity contribution is 7.92. The zero-order valence-electron chi connectivity index (χ0n) is 20.3. The molecule has 0 bridgehead atoms. The van der Waals surface area contributed by atoms with Gasteiger partial charge in [-0.3, -0.25) is 9.52 Å². The molecule has 14 heteroatoms. The van der Waals surface area contributed by atoms with E-state index in [0.29, 0.717) is 12.1 Å². The van der Waals surface area contributed by atoms with E-state index in [4.69, 9.17) is 0 Å². The molecule has 0 fully saturated rings. The van der Waals surface area contributed by atoms with Gasteiger partial charge >= 0.3 is 12.4 Å². The fourth-order valence-corrected chi connectivity index (χ4v) is 4.72. The van der Waals surface area contributed by atoms with Gasteiger partial charge in [-0.15, -0.1) is 0 Å². The minimum absolute atomic E-state index is 0.0109. The second kappa shape index (κ2) is 10.8. The first-order valence-corrected chi connectivity index (χ1v) is 12.8. The van der Waals surface area contributed by atoms with Crippen LogP contribution in [0, 0.1) is 5.82 Å². The smallest absolute Gasteiger partial charge is 0.416 e. The molecule has 0 saturated carbocycles. The van der Waals surface area contributed by atoms with Gasteiger partial charge in [0.05, 0.1) is 21.7 Å². The Labute approximate surface area is 228 Å². The lowest BCUT2D eigenvalue weighted by Gasteiger charge is -2.15. The number of rotatable bonds is 6. The van der Waals surface area contributed by atoms with Crippen molar-refractivity contribution in [1.82, 2.24) is 0 Å². The van der Waals surface area contributed by atoms with Crippen molar-refractivity contribution in [3.8, 4) is 16.9 Å².